The van der Waals surface area contributed by atoms with Crippen LogP contribution in [0.25, 0.3) is 10.9 Å². The average Bonchev–Trinajstić information content (AvgIpc) is 2.92. The second-order valence-electron chi connectivity index (χ2n) is 6.42. The number of aromatic hydroxyl groups is 1. The second kappa shape index (κ2) is 7.70. The van der Waals surface area contributed by atoms with Crippen molar-refractivity contribution >= 4 is 16.9 Å². The van der Waals surface area contributed by atoms with E-state index in [9.17, 15) is 14.7 Å². The third-order valence-electron chi connectivity index (χ3n) is 4.82. The molecule has 0 bridgehead atoms. The number of pyridine rings is 1. The molecule has 0 unspecified atom stereocenters. The van der Waals surface area contributed by atoms with E-state index in [1.54, 1.807) is 18.5 Å². The van der Waals surface area contributed by atoms with Crippen LogP contribution < -0.4 is 5.56 Å². The highest BCUT2D eigenvalue weighted by molar-refractivity contribution is 6.01. The zero-order valence-corrected chi connectivity index (χ0v) is 15.9. The maximum Gasteiger partial charge on any atom is 0.358 e. The number of carbonyl (C=O) groups is 1. The van der Waals surface area contributed by atoms with Gasteiger partial charge in [-0.2, -0.15) is 0 Å². The van der Waals surface area contributed by atoms with Gasteiger partial charge in [0.2, 0.25) is 0 Å². The summed E-state index contributed by atoms with van der Waals surface area (Å²) in [5, 5.41) is 10.7. The number of ether oxygens (including phenoxy) is 1. The Labute approximate surface area is 157 Å². The van der Waals surface area contributed by atoms with Crippen LogP contribution in [0.5, 0.6) is 5.75 Å². The molecule has 0 saturated heterocycles. The van der Waals surface area contributed by atoms with E-state index in [-0.39, 0.29) is 29.0 Å². The summed E-state index contributed by atoms with van der Waals surface area (Å²) in [6, 6.07) is 11.8. The van der Waals surface area contributed by atoms with Crippen molar-refractivity contribution in [2.75, 3.05) is 6.61 Å². The van der Waals surface area contributed by atoms with Crippen molar-refractivity contribution in [1.29, 1.82) is 0 Å². The van der Waals surface area contributed by atoms with Gasteiger partial charge in [0.25, 0.3) is 5.56 Å². The monoisotopic (exact) mass is 368 g/mol. The van der Waals surface area contributed by atoms with E-state index in [1.165, 1.54) is 4.57 Å². The molecule has 3 rings (SSSR count). The van der Waals surface area contributed by atoms with Crippen LogP contribution in [0.15, 0.2) is 41.2 Å². The number of esters is 1. The molecule has 0 fully saturated rings. The number of aryl methyl sites for hydroxylation is 3. The van der Waals surface area contributed by atoms with Crippen LogP contribution >= 0.6 is 0 Å². The SMILES string of the molecule is CCOC(=O)c1c(O)c2c(=O)n(CCc3ccccc3)c(CC)cc2n1C. The van der Waals surface area contributed by atoms with Crippen molar-refractivity contribution in [3.63, 3.8) is 0 Å². The summed E-state index contributed by atoms with van der Waals surface area (Å²) in [6.07, 6.45) is 1.37. The number of nitrogens with zero attached hydrogens (tertiary/aromatic N) is 2. The Kier molecular flexibility index (Phi) is 5.35. The minimum atomic E-state index is -0.637. The van der Waals surface area contributed by atoms with Gasteiger partial charge in [-0.05, 0) is 31.4 Å². The van der Waals surface area contributed by atoms with E-state index < -0.39 is 5.97 Å². The van der Waals surface area contributed by atoms with E-state index in [1.807, 2.05) is 43.3 Å². The molecule has 0 aliphatic rings. The molecule has 142 valence electrons. The Bertz CT molecular complexity index is 1030. The van der Waals surface area contributed by atoms with Gasteiger partial charge in [-0.3, -0.25) is 4.79 Å². The molecule has 0 radical (unpaired) electrons. The molecule has 27 heavy (non-hydrogen) atoms. The number of hydrogen-bond acceptors (Lipinski definition) is 4. The lowest BCUT2D eigenvalue weighted by Gasteiger charge is -2.13. The summed E-state index contributed by atoms with van der Waals surface area (Å²) in [7, 11) is 1.65. The topological polar surface area (TPSA) is 73.5 Å². The first kappa shape index (κ1) is 18.8. The van der Waals surface area contributed by atoms with Gasteiger partial charge >= 0.3 is 5.97 Å². The molecule has 0 atom stereocenters. The molecule has 0 aliphatic carbocycles. The van der Waals surface area contributed by atoms with Crippen molar-refractivity contribution in [1.82, 2.24) is 9.13 Å². The first-order valence-corrected chi connectivity index (χ1v) is 9.14. The molecule has 3 aromatic rings. The molecule has 1 aromatic carbocycles. The van der Waals surface area contributed by atoms with Crippen molar-refractivity contribution < 1.29 is 14.6 Å². The molecule has 2 heterocycles. The van der Waals surface area contributed by atoms with E-state index >= 15 is 0 Å². The lowest BCUT2D eigenvalue weighted by atomic mass is 10.1. The zero-order valence-electron chi connectivity index (χ0n) is 15.9. The summed E-state index contributed by atoms with van der Waals surface area (Å²) in [5.41, 5.74) is 2.25. The summed E-state index contributed by atoms with van der Waals surface area (Å²) in [6.45, 7) is 4.38. The van der Waals surface area contributed by atoms with E-state index in [2.05, 4.69) is 0 Å². The van der Waals surface area contributed by atoms with Crippen LogP contribution in [0.3, 0.4) is 0 Å². The Balaban J connectivity index is 2.12. The number of carbonyl (C=O) groups excluding carboxylic acids is 1. The fraction of sp³-hybridized carbons (Fsp3) is 0.333. The first-order chi connectivity index (χ1) is 13.0. The van der Waals surface area contributed by atoms with Crippen LogP contribution in [0, 0.1) is 0 Å². The Morgan fingerprint density at radius 2 is 1.89 bits per heavy atom. The van der Waals surface area contributed by atoms with Gasteiger partial charge in [-0.25, -0.2) is 4.79 Å². The molecule has 6 heteroatoms. The zero-order chi connectivity index (χ0) is 19.6. The van der Waals surface area contributed by atoms with E-state index in [0.717, 1.165) is 11.3 Å². The maximum atomic E-state index is 13.1. The smallest absolute Gasteiger partial charge is 0.358 e. The largest absolute Gasteiger partial charge is 0.505 e. The highest BCUT2D eigenvalue weighted by atomic mass is 16.5. The predicted octanol–water partition coefficient (Wildman–Crippen LogP) is 3.03. The maximum absolute atomic E-state index is 13.1. The van der Waals surface area contributed by atoms with Crippen molar-refractivity contribution in [3.8, 4) is 5.75 Å². The number of rotatable bonds is 6. The van der Waals surface area contributed by atoms with Crippen LogP contribution in [-0.4, -0.2) is 26.8 Å². The fourth-order valence-electron chi connectivity index (χ4n) is 3.42. The van der Waals surface area contributed by atoms with Crippen molar-refractivity contribution in [2.24, 2.45) is 7.05 Å². The van der Waals surface area contributed by atoms with Gasteiger partial charge in [0.05, 0.1) is 12.1 Å². The minimum absolute atomic E-state index is 0.00631. The molecule has 1 N–H and O–H groups in total. The number of aromatic nitrogens is 2. The van der Waals surface area contributed by atoms with E-state index in [0.29, 0.717) is 24.9 Å². The number of hydrogen-bond donors (Lipinski definition) is 1. The first-order valence-electron chi connectivity index (χ1n) is 9.14. The lowest BCUT2D eigenvalue weighted by molar-refractivity contribution is 0.0512. The number of fused-ring (bicyclic) bond motifs is 1. The molecule has 0 spiro atoms. The van der Waals surface area contributed by atoms with Gasteiger partial charge in [-0.1, -0.05) is 37.3 Å². The summed E-state index contributed by atoms with van der Waals surface area (Å²) in [4.78, 5) is 25.3. The minimum Gasteiger partial charge on any atom is -0.505 e. The Hall–Kier alpha value is -3.02. The third kappa shape index (κ3) is 3.35. The third-order valence-corrected chi connectivity index (χ3v) is 4.82. The lowest BCUT2D eigenvalue weighted by Crippen LogP contribution is -2.24. The van der Waals surface area contributed by atoms with Crippen molar-refractivity contribution in [3.05, 3.63) is 63.7 Å². The molecule has 0 aliphatic heterocycles. The van der Waals surface area contributed by atoms with Crippen LogP contribution in [0.1, 0.15) is 35.6 Å². The van der Waals surface area contributed by atoms with Crippen LogP contribution in [-0.2, 0) is 31.2 Å². The van der Waals surface area contributed by atoms with Gasteiger partial charge in [-0.15, -0.1) is 0 Å². The Morgan fingerprint density at radius 3 is 2.52 bits per heavy atom. The Morgan fingerprint density at radius 1 is 1.19 bits per heavy atom. The van der Waals surface area contributed by atoms with E-state index in [4.69, 9.17) is 4.74 Å². The number of benzene rings is 1. The van der Waals surface area contributed by atoms with Gasteiger partial charge in [0.1, 0.15) is 5.39 Å². The highest BCUT2D eigenvalue weighted by Gasteiger charge is 2.25. The van der Waals surface area contributed by atoms with Gasteiger partial charge in [0.15, 0.2) is 11.4 Å². The average molecular weight is 368 g/mol. The standard InChI is InChI=1S/C21H24N2O4/c1-4-15-13-16-17(19(24)18(22(16)3)21(26)27-5-2)20(25)23(15)12-11-14-9-7-6-8-10-14/h6-10,13,24H,4-5,11-12H2,1-3H3. The van der Waals surface area contributed by atoms with Gasteiger partial charge < -0.3 is 19.0 Å². The molecule has 6 nitrogen and oxygen atoms in total. The quantitative estimate of drug-likeness (QED) is 0.679. The predicted molar refractivity (Wildman–Crippen MR) is 104 cm³/mol. The molecule has 0 saturated carbocycles. The molecular weight excluding hydrogens is 344 g/mol. The molecular formula is C21H24N2O4. The normalized spacial score (nSPS) is 11.1. The van der Waals surface area contributed by atoms with Gasteiger partial charge in [0, 0.05) is 19.3 Å². The molecule has 2 aromatic heterocycles. The van der Waals surface area contributed by atoms with Crippen molar-refractivity contribution in [2.45, 2.75) is 33.2 Å². The molecule has 0 amide bonds. The highest BCUT2D eigenvalue weighted by Crippen LogP contribution is 2.30. The van der Waals surface area contributed by atoms with Crippen LogP contribution in [0.4, 0.5) is 0 Å². The summed E-state index contributed by atoms with van der Waals surface area (Å²) in [5.74, 6) is -0.950. The summed E-state index contributed by atoms with van der Waals surface area (Å²) >= 11 is 0. The second-order valence-corrected chi connectivity index (χ2v) is 6.42. The fourth-order valence-corrected chi connectivity index (χ4v) is 3.42. The van der Waals surface area contributed by atoms with Crippen LogP contribution in [0.2, 0.25) is 0 Å². The summed E-state index contributed by atoms with van der Waals surface area (Å²) < 4.78 is 8.24.